The molecule has 0 spiro atoms. The zero-order valence-electron chi connectivity index (χ0n) is 21.0. The number of carbonyl (C=O) groups excluding carboxylic acids is 1. The number of nitrogens with zero attached hydrogens (tertiary/aromatic N) is 1. The van der Waals surface area contributed by atoms with Gasteiger partial charge in [0.25, 0.3) is 5.91 Å². The Morgan fingerprint density at radius 3 is 2.61 bits per heavy atom. The SMILES string of the molecule is CCC(C)Oc1cccc(C(=O)NC(=S)Nc2cccc(-c3nc4cc(C(C)CC)ccc4o3)c2)c1. The Kier molecular flexibility index (Phi) is 8.00. The lowest BCUT2D eigenvalue weighted by molar-refractivity contribution is 0.0977. The van der Waals surface area contributed by atoms with Crippen molar-refractivity contribution in [1.29, 1.82) is 0 Å². The Bertz CT molecular complexity index is 1380. The predicted octanol–water partition coefficient (Wildman–Crippen LogP) is 7.31. The van der Waals surface area contributed by atoms with Gasteiger partial charge in [0.1, 0.15) is 11.3 Å². The second-order valence-corrected chi connectivity index (χ2v) is 9.32. The van der Waals surface area contributed by atoms with Crippen molar-refractivity contribution in [1.82, 2.24) is 10.3 Å². The molecular weight excluding hydrogens is 470 g/mol. The highest BCUT2D eigenvalue weighted by Crippen LogP contribution is 2.29. The van der Waals surface area contributed by atoms with Gasteiger partial charge >= 0.3 is 0 Å². The van der Waals surface area contributed by atoms with Crippen LogP contribution in [-0.4, -0.2) is 22.1 Å². The first kappa shape index (κ1) is 25.4. The number of amides is 1. The van der Waals surface area contributed by atoms with E-state index in [0.717, 1.165) is 29.5 Å². The third-order valence-corrected chi connectivity index (χ3v) is 6.40. The molecule has 0 saturated carbocycles. The molecule has 1 amide bonds. The van der Waals surface area contributed by atoms with Crippen LogP contribution in [0.5, 0.6) is 5.75 Å². The molecule has 36 heavy (non-hydrogen) atoms. The molecular formula is C29H31N3O3S. The fourth-order valence-electron chi connectivity index (χ4n) is 3.70. The van der Waals surface area contributed by atoms with Gasteiger partial charge in [0.05, 0.1) is 6.10 Å². The Balaban J connectivity index is 1.44. The number of rotatable bonds is 8. The average molecular weight is 502 g/mol. The maximum Gasteiger partial charge on any atom is 0.257 e. The molecule has 0 bridgehead atoms. The van der Waals surface area contributed by atoms with Gasteiger partial charge < -0.3 is 14.5 Å². The molecule has 0 radical (unpaired) electrons. The second kappa shape index (κ2) is 11.4. The van der Waals surface area contributed by atoms with Crippen LogP contribution < -0.4 is 15.4 Å². The number of aromatic nitrogens is 1. The Morgan fingerprint density at radius 1 is 1.03 bits per heavy atom. The molecule has 3 aromatic carbocycles. The summed E-state index contributed by atoms with van der Waals surface area (Å²) in [5.41, 5.74) is 4.83. The summed E-state index contributed by atoms with van der Waals surface area (Å²) in [5, 5.41) is 6.00. The maximum atomic E-state index is 12.7. The minimum absolute atomic E-state index is 0.0709. The van der Waals surface area contributed by atoms with E-state index >= 15 is 0 Å². The molecule has 1 heterocycles. The monoisotopic (exact) mass is 501 g/mol. The lowest BCUT2D eigenvalue weighted by Gasteiger charge is -2.14. The van der Waals surface area contributed by atoms with Crippen LogP contribution in [0.4, 0.5) is 5.69 Å². The molecule has 1 aromatic heterocycles. The van der Waals surface area contributed by atoms with E-state index in [2.05, 4.69) is 36.6 Å². The zero-order chi connectivity index (χ0) is 25.7. The second-order valence-electron chi connectivity index (χ2n) is 8.91. The summed E-state index contributed by atoms with van der Waals surface area (Å²) in [5.74, 6) is 1.34. The van der Waals surface area contributed by atoms with Gasteiger partial charge in [-0.15, -0.1) is 0 Å². The van der Waals surface area contributed by atoms with Gasteiger partial charge in [-0.3, -0.25) is 10.1 Å². The highest BCUT2D eigenvalue weighted by Gasteiger charge is 2.13. The number of nitrogens with one attached hydrogen (secondary N) is 2. The number of anilines is 1. The minimum atomic E-state index is -0.311. The van der Waals surface area contributed by atoms with E-state index in [1.165, 1.54) is 5.56 Å². The van der Waals surface area contributed by atoms with Crippen molar-refractivity contribution < 1.29 is 13.9 Å². The molecule has 186 valence electrons. The van der Waals surface area contributed by atoms with Crippen LogP contribution >= 0.6 is 12.2 Å². The third-order valence-electron chi connectivity index (χ3n) is 6.20. The van der Waals surface area contributed by atoms with Gasteiger partial charge in [-0.1, -0.05) is 39.0 Å². The largest absolute Gasteiger partial charge is 0.491 e. The van der Waals surface area contributed by atoms with Crippen LogP contribution in [0.1, 0.15) is 62.4 Å². The van der Waals surface area contributed by atoms with Gasteiger partial charge in [0.15, 0.2) is 10.7 Å². The molecule has 2 atom stereocenters. The molecule has 0 fully saturated rings. The van der Waals surface area contributed by atoms with E-state index in [-0.39, 0.29) is 17.1 Å². The first-order chi connectivity index (χ1) is 17.4. The summed E-state index contributed by atoms with van der Waals surface area (Å²) < 4.78 is 11.8. The highest BCUT2D eigenvalue weighted by atomic mass is 32.1. The molecule has 4 aromatic rings. The van der Waals surface area contributed by atoms with Crippen LogP contribution in [0.15, 0.2) is 71.1 Å². The molecule has 0 saturated heterocycles. The molecule has 7 heteroatoms. The van der Waals surface area contributed by atoms with Crippen molar-refractivity contribution in [3.05, 3.63) is 77.9 Å². The van der Waals surface area contributed by atoms with Crippen molar-refractivity contribution in [2.24, 2.45) is 0 Å². The minimum Gasteiger partial charge on any atom is -0.491 e. The summed E-state index contributed by atoms with van der Waals surface area (Å²) in [4.78, 5) is 17.4. The Labute approximate surface area is 217 Å². The van der Waals surface area contributed by atoms with Crippen LogP contribution in [0.25, 0.3) is 22.6 Å². The van der Waals surface area contributed by atoms with Gasteiger partial charge in [-0.05, 0) is 92.0 Å². The zero-order valence-corrected chi connectivity index (χ0v) is 21.8. The van der Waals surface area contributed by atoms with Gasteiger partial charge in [-0.2, -0.15) is 0 Å². The van der Waals surface area contributed by atoms with Crippen molar-refractivity contribution >= 4 is 40.0 Å². The predicted molar refractivity (Wildman–Crippen MR) is 149 cm³/mol. The topological polar surface area (TPSA) is 76.4 Å². The van der Waals surface area contributed by atoms with Crippen molar-refractivity contribution in [2.75, 3.05) is 5.32 Å². The van der Waals surface area contributed by atoms with Gasteiger partial charge in [-0.25, -0.2) is 4.98 Å². The van der Waals surface area contributed by atoms with Crippen molar-refractivity contribution in [3.8, 4) is 17.2 Å². The lowest BCUT2D eigenvalue weighted by atomic mass is 9.98. The quantitative estimate of drug-likeness (QED) is 0.247. The van der Waals surface area contributed by atoms with E-state index in [4.69, 9.17) is 26.4 Å². The standard InChI is InChI=1S/C29H31N3O3S/c1-5-18(3)20-13-14-26-25(17-20)31-28(35-26)22-10-7-11-23(15-22)30-29(36)32-27(33)21-9-8-12-24(16-21)34-19(4)6-2/h7-19H,5-6H2,1-4H3,(H2,30,32,33,36). The fraction of sp³-hybridized carbons (Fsp3) is 0.276. The number of hydrogen-bond donors (Lipinski definition) is 2. The summed E-state index contributed by atoms with van der Waals surface area (Å²) >= 11 is 5.38. The van der Waals surface area contributed by atoms with Crippen LogP contribution in [-0.2, 0) is 0 Å². The first-order valence-electron chi connectivity index (χ1n) is 12.3. The van der Waals surface area contributed by atoms with Crippen LogP contribution in [0.2, 0.25) is 0 Å². The Hall–Kier alpha value is -3.71. The molecule has 6 nitrogen and oxygen atoms in total. The molecule has 2 N–H and O–H groups in total. The molecule has 2 unspecified atom stereocenters. The van der Waals surface area contributed by atoms with Gasteiger partial charge in [0, 0.05) is 16.8 Å². The number of benzene rings is 3. The molecule has 0 aliphatic heterocycles. The van der Waals surface area contributed by atoms with Crippen LogP contribution in [0.3, 0.4) is 0 Å². The van der Waals surface area contributed by atoms with Crippen molar-refractivity contribution in [2.45, 2.75) is 52.6 Å². The number of oxazole rings is 1. The Morgan fingerprint density at radius 2 is 1.83 bits per heavy atom. The van der Waals surface area contributed by atoms with E-state index < -0.39 is 0 Å². The van der Waals surface area contributed by atoms with E-state index in [0.29, 0.717) is 28.8 Å². The van der Waals surface area contributed by atoms with Crippen LogP contribution in [0, 0.1) is 0 Å². The maximum absolute atomic E-state index is 12.7. The molecule has 0 aliphatic carbocycles. The summed E-state index contributed by atoms with van der Waals surface area (Å²) in [6.07, 6.45) is 2.02. The highest BCUT2D eigenvalue weighted by molar-refractivity contribution is 7.80. The average Bonchev–Trinajstić information content (AvgIpc) is 3.32. The van der Waals surface area contributed by atoms with Gasteiger partial charge in [0.2, 0.25) is 5.89 Å². The summed E-state index contributed by atoms with van der Waals surface area (Å²) in [6, 6.07) is 20.8. The van der Waals surface area contributed by atoms with E-state index in [1.54, 1.807) is 18.2 Å². The molecule has 4 rings (SSSR count). The first-order valence-corrected chi connectivity index (χ1v) is 12.7. The number of carbonyl (C=O) groups is 1. The normalized spacial score (nSPS) is 12.7. The summed E-state index contributed by atoms with van der Waals surface area (Å²) in [7, 11) is 0. The fourth-order valence-corrected chi connectivity index (χ4v) is 3.91. The number of ether oxygens (including phenoxy) is 1. The van der Waals surface area contributed by atoms with Crippen molar-refractivity contribution in [3.63, 3.8) is 0 Å². The smallest absolute Gasteiger partial charge is 0.257 e. The van der Waals surface area contributed by atoms with E-state index in [9.17, 15) is 4.79 Å². The number of thiocarbonyl (C=S) groups is 1. The third kappa shape index (κ3) is 6.10. The summed E-state index contributed by atoms with van der Waals surface area (Å²) in [6.45, 7) is 8.42. The lowest BCUT2D eigenvalue weighted by Crippen LogP contribution is -2.34. The van der Waals surface area contributed by atoms with E-state index in [1.807, 2.05) is 50.2 Å². The number of hydrogen-bond acceptors (Lipinski definition) is 5. The molecule has 0 aliphatic rings. The number of fused-ring (bicyclic) bond motifs is 1.